The third-order valence-electron chi connectivity index (χ3n) is 2.46. The molecule has 0 bridgehead atoms. The van der Waals surface area contributed by atoms with Gasteiger partial charge in [0.1, 0.15) is 0 Å². The van der Waals surface area contributed by atoms with E-state index in [4.69, 9.17) is 5.73 Å². The Balaban J connectivity index is 2.65. The van der Waals surface area contributed by atoms with Crippen LogP contribution >= 0.6 is 0 Å². The van der Waals surface area contributed by atoms with Gasteiger partial charge < -0.3 is 10.6 Å². The fourth-order valence-corrected chi connectivity index (χ4v) is 1.49. The van der Waals surface area contributed by atoms with Gasteiger partial charge in [-0.15, -0.1) is 0 Å². The van der Waals surface area contributed by atoms with Crippen molar-refractivity contribution in [3.63, 3.8) is 0 Å². The van der Waals surface area contributed by atoms with Crippen LogP contribution in [0, 0.1) is 6.92 Å². The molecule has 16 heavy (non-hydrogen) atoms. The fraction of sp³-hybridized carbons (Fsp3) is 0.500. The maximum absolute atomic E-state index is 5.87. The molecule has 1 rings (SSSR count). The number of aryl methyl sites for hydroxylation is 1. The van der Waals surface area contributed by atoms with Crippen LogP contribution in [0.4, 0.5) is 0 Å². The molecule has 0 unspecified atom stereocenters. The minimum atomic E-state index is 0.546. The Morgan fingerprint density at radius 2 is 2.12 bits per heavy atom. The van der Waals surface area contributed by atoms with Crippen LogP contribution in [0.2, 0.25) is 0 Å². The van der Waals surface area contributed by atoms with Gasteiger partial charge in [-0.2, -0.15) is 0 Å². The summed E-state index contributed by atoms with van der Waals surface area (Å²) in [6.07, 6.45) is 1.80. The van der Waals surface area contributed by atoms with Crippen molar-refractivity contribution in [3.05, 3.63) is 29.6 Å². The average Bonchev–Trinajstić information content (AvgIpc) is 2.28. The summed E-state index contributed by atoms with van der Waals surface area (Å²) in [6, 6.07) is 4.00. The number of aliphatic imine (C=N–C) groups is 1. The molecule has 88 valence electrons. The van der Waals surface area contributed by atoms with E-state index in [0.717, 1.165) is 18.8 Å². The number of nitrogens with zero attached hydrogens (tertiary/aromatic N) is 3. The van der Waals surface area contributed by atoms with Crippen LogP contribution in [-0.4, -0.2) is 28.9 Å². The first-order valence-electron chi connectivity index (χ1n) is 5.63. The summed E-state index contributed by atoms with van der Waals surface area (Å²) >= 11 is 0. The predicted molar refractivity (Wildman–Crippen MR) is 67.2 cm³/mol. The lowest BCUT2D eigenvalue weighted by atomic mass is 10.2. The highest BCUT2D eigenvalue weighted by Gasteiger charge is 2.01. The van der Waals surface area contributed by atoms with Gasteiger partial charge in [0.05, 0.1) is 12.2 Å². The quantitative estimate of drug-likeness (QED) is 0.618. The van der Waals surface area contributed by atoms with Crippen LogP contribution in [0.25, 0.3) is 0 Å². The zero-order valence-electron chi connectivity index (χ0n) is 10.3. The lowest BCUT2D eigenvalue weighted by Gasteiger charge is -2.19. The van der Waals surface area contributed by atoms with Gasteiger partial charge in [-0.3, -0.25) is 4.98 Å². The molecule has 1 aromatic heterocycles. The molecule has 0 amide bonds. The van der Waals surface area contributed by atoms with Crippen molar-refractivity contribution in [1.82, 2.24) is 9.88 Å². The van der Waals surface area contributed by atoms with Crippen molar-refractivity contribution < 1.29 is 0 Å². The molecule has 0 aliphatic carbocycles. The number of aromatic nitrogens is 1. The summed E-state index contributed by atoms with van der Waals surface area (Å²) in [5.74, 6) is 0.591. The number of rotatable bonds is 4. The zero-order chi connectivity index (χ0) is 12.0. The van der Waals surface area contributed by atoms with E-state index in [1.165, 1.54) is 5.56 Å². The molecule has 0 spiro atoms. The van der Waals surface area contributed by atoms with Crippen molar-refractivity contribution in [2.75, 3.05) is 13.1 Å². The lowest BCUT2D eigenvalue weighted by Crippen LogP contribution is -2.37. The molecule has 0 atom stereocenters. The number of guanidine groups is 1. The van der Waals surface area contributed by atoms with Crippen LogP contribution in [0.5, 0.6) is 0 Å². The highest BCUT2D eigenvalue weighted by atomic mass is 15.2. The Morgan fingerprint density at radius 1 is 1.44 bits per heavy atom. The smallest absolute Gasteiger partial charge is 0.191 e. The van der Waals surface area contributed by atoms with Crippen LogP contribution < -0.4 is 5.73 Å². The monoisotopic (exact) mass is 220 g/mol. The molecule has 4 heteroatoms. The van der Waals surface area contributed by atoms with Gasteiger partial charge in [-0.05, 0) is 38.5 Å². The third kappa shape index (κ3) is 3.53. The second-order valence-electron chi connectivity index (χ2n) is 3.67. The second kappa shape index (κ2) is 6.10. The molecule has 0 saturated carbocycles. The molecule has 0 fully saturated rings. The summed E-state index contributed by atoms with van der Waals surface area (Å²) in [6.45, 7) is 8.49. The van der Waals surface area contributed by atoms with Crippen molar-refractivity contribution in [2.45, 2.75) is 27.3 Å². The van der Waals surface area contributed by atoms with Gasteiger partial charge in [-0.1, -0.05) is 0 Å². The first kappa shape index (κ1) is 12.5. The third-order valence-corrected chi connectivity index (χ3v) is 2.46. The molecule has 0 aromatic carbocycles. The van der Waals surface area contributed by atoms with Gasteiger partial charge in [0, 0.05) is 19.3 Å². The minimum Gasteiger partial charge on any atom is -0.370 e. The normalized spacial score (nSPS) is 11.6. The maximum Gasteiger partial charge on any atom is 0.191 e. The summed E-state index contributed by atoms with van der Waals surface area (Å²) in [5.41, 5.74) is 8.02. The van der Waals surface area contributed by atoms with Crippen LogP contribution in [-0.2, 0) is 6.54 Å². The Morgan fingerprint density at radius 3 is 2.69 bits per heavy atom. The van der Waals surface area contributed by atoms with Gasteiger partial charge in [0.25, 0.3) is 0 Å². The van der Waals surface area contributed by atoms with Crippen LogP contribution in [0.15, 0.2) is 23.3 Å². The average molecular weight is 220 g/mol. The van der Waals surface area contributed by atoms with Crippen molar-refractivity contribution in [2.24, 2.45) is 10.7 Å². The molecule has 2 N–H and O–H groups in total. The van der Waals surface area contributed by atoms with Gasteiger partial charge in [-0.25, -0.2) is 4.99 Å². The number of pyridine rings is 1. The summed E-state index contributed by atoms with van der Waals surface area (Å²) in [5, 5.41) is 0. The zero-order valence-corrected chi connectivity index (χ0v) is 10.3. The predicted octanol–water partition coefficient (Wildman–Crippen LogP) is 1.55. The Bertz CT molecular complexity index is 356. The first-order chi connectivity index (χ1) is 7.67. The van der Waals surface area contributed by atoms with Crippen molar-refractivity contribution in [3.8, 4) is 0 Å². The van der Waals surface area contributed by atoms with E-state index in [-0.39, 0.29) is 0 Å². The first-order valence-corrected chi connectivity index (χ1v) is 5.63. The van der Waals surface area contributed by atoms with Gasteiger partial charge in [0.2, 0.25) is 0 Å². The SMILES string of the molecule is CCN(CC)C(N)=NCc1cc(C)ccn1. The van der Waals surface area contributed by atoms with E-state index in [1.807, 2.05) is 24.0 Å². The highest BCUT2D eigenvalue weighted by Crippen LogP contribution is 2.01. The van der Waals surface area contributed by atoms with E-state index >= 15 is 0 Å². The summed E-state index contributed by atoms with van der Waals surface area (Å²) in [7, 11) is 0. The molecule has 1 aromatic rings. The van der Waals surface area contributed by atoms with E-state index < -0.39 is 0 Å². The highest BCUT2D eigenvalue weighted by molar-refractivity contribution is 5.77. The lowest BCUT2D eigenvalue weighted by molar-refractivity contribution is 0.458. The van der Waals surface area contributed by atoms with E-state index in [9.17, 15) is 0 Å². The Hall–Kier alpha value is -1.58. The molecule has 0 saturated heterocycles. The van der Waals surface area contributed by atoms with E-state index in [0.29, 0.717) is 12.5 Å². The van der Waals surface area contributed by atoms with Crippen molar-refractivity contribution >= 4 is 5.96 Å². The standard InChI is InChI=1S/C12H20N4/c1-4-16(5-2)12(13)15-9-11-8-10(3)6-7-14-11/h6-8H,4-5,9H2,1-3H3,(H2,13,15). The van der Waals surface area contributed by atoms with Gasteiger partial charge >= 0.3 is 0 Å². The molecule has 0 aliphatic rings. The number of hydrogen-bond donors (Lipinski definition) is 1. The fourth-order valence-electron chi connectivity index (χ4n) is 1.49. The van der Waals surface area contributed by atoms with Crippen LogP contribution in [0.1, 0.15) is 25.1 Å². The van der Waals surface area contributed by atoms with Crippen LogP contribution in [0.3, 0.4) is 0 Å². The maximum atomic E-state index is 5.87. The summed E-state index contributed by atoms with van der Waals surface area (Å²) < 4.78 is 0. The Labute approximate surface area is 97.2 Å². The van der Waals surface area contributed by atoms with Gasteiger partial charge in [0.15, 0.2) is 5.96 Å². The summed E-state index contributed by atoms with van der Waals surface area (Å²) in [4.78, 5) is 10.6. The topological polar surface area (TPSA) is 54.5 Å². The number of hydrogen-bond acceptors (Lipinski definition) is 2. The largest absolute Gasteiger partial charge is 0.370 e. The second-order valence-corrected chi connectivity index (χ2v) is 3.67. The molecule has 4 nitrogen and oxygen atoms in total. The van der Waals surface area contributed by atoms with Crippen molar-refractivity contribution in [1.29, 1.82) is 0 Å². The number of nitrogens with two attached hydrogens (primary N) is 1. The minimum absolute atomic E-state index is 0.546. The molecular weight excluding hydrogens is 200 g/mol. The molecule has 0 aliphatic heterocycles. The molecular formula is C12H20N4. The Kier molecular flexibility index (Phi) is 4.76. The van der Waals surface area contributed by atoms with E-state index in [1.54, 1.807) is 6.20 Å². The van der Waals surface area contributed by atoms with E-state index in [2.05, 4.69) is 23.8 Å². The molecule has 0 radical (unpaired) electrons. The molecule has 1 heterocycles.